The van der Waals surface area contributed by atoms with E-state index in [1.165, 1.54) is 16.7 Å². The summed E-state index contributed by atoms with van der Waals surface area (Å²) < 4.78 is 0. The van der Waals surface area contributed by atoms with Crippen LogP contribution in [0.1, 0.15) is 27.0 Å². The Balaban J connectivity index is 2.02. The normalized spacial score (nSPS) is 10.2. The lowest BCUT2D eigenvalue weighted by atomic mass is 10.1. The van der Waals surface area contributed by atoms with Crippen molar-refractivity contribution >= 4 is 11.6 Å². The zero-order valence-corrected chi connectivity index (χ0v) is 12.2. The number of benzene rings is 2. The molecule has 0 bridgehead atoms. The maximum Gasteiger partial charge on any atom is 0.251 e. The second-order valence-corrected chi connectivity index (χ2v) is 4.94. The van der Waals surface area contributed by atoms with Crippen LogP contribution in [0.5, 0.6) is 0 Å². The van der Waals surface area contributed by atoms with Gasteiger partial charge in [-0.1, -0.05) is 23.8 Å². The molecule has 2 rings (SSSR count). The van der Waals surface area contributed by atoms with E-state index in [-0.39, 0.29) is 5.91 Å². The monoisotopic (exact) mass is 268 g/mol. The quantitative estimate of drug-likeness (QED) is 0.893. The van der Waals surface area contributed by atoms with Crippen molar-refractivity contribution in [2.24, 2.45) is 0 Å². The van der Waals surface area contributed by atoms with Crippen LogP contribution < -0.4 is 10.6 Å². The minimum Gasteiger partial charge on any atom is -0.381 e. The first-order valence-electron chi connectivity index (χ1n) is 6.72. The smallest absolute Gasteiger partial charge is 0.251 e. The average molecular weight is 268 g/mol. The summed E-state index contributed by atoms with van der Waals surface area (Å²) in [5, 5.41) is 5.99. The summed E-state index contributed by atoms with van der Waals surface area (Å²) in [6.07, 6.45) is 0. The Morgan fingerprint density at radius 2 is 1.75 bits per heavy atom. The van der Waals surface area contributed by atoms with Crippen molar-refractivity contribution in [3.8, 4) is 0 Å². The summed E-state index contributed by atoms with van der Waals surface area (Å²) in [7, 11) is 1.63. The average Bonchev–Trinajstić information content (AvgIpc) is 2.46. The molecule has 0 aliphatic carbocycles. The van der Waals surface area contributed by atoms with Crippen molar-refractivity contribution in [2.75, 3.05) is 12.4 Å². The molecule has 0 radical (unpaired) electrons. The predicted molar refractivity (Wildman–Crippen MR) is 83.1 cm³/mol. The van der Waals surface area contributed by atoms with Gasteiger partial charge in [0.25, 0.3) is 5.91 Å². The summed E-state index contributed by atoms with van der Waals surface area (Å²) in [6, 6.07) is 14.0. The number of amides is 1. The van der Waals surface area contributed by atoms with E-state index >= 15 is 0 Å². The fourth-order valence-electron chi connectivity index (χ4n) is 2.13. The second kappa shape index (κ2) is 6.24. The number of hydrogen-bond acceptors (Lipinski definition) is 2. The van der Waals surface area contributed by atoms with Gasteiger partial charge in [0.2, 0.25) is 0 Å². The summed E-state index contributed by atoms with van der Waals surface area (Å²) in [5.74, 6) is -0.0640. The SMILES string of the molecule is CNC(=O)c1ccc(NCc2ccc(C)cc2C)cc1. The minimum absolute atomic E-state index is 0.0640. The van der Waals surface area contributed by atoms with E-state index in [1.807, 2.05) is 24.3 Å². The van der Waals surface area contributed by atoms with E-state index in [0.717, 1.165) is 12.2 Å². The zero-order valence-electron chi connectivity index (χ0n) is 12.2. The highest BCUT2D eigenvalue weighted by Gasteiger charge is 2.03. The fraction of sp³-hybridized carbons (Fsp3) is 0.235. The molecule has 0 aliphatic rings. The van der Waals surface area contributed by atoms with Gasteiger partial charge >= 0.3 is 0 Å². The minimum atomic E-state index is -0.0640. The van der Waals surface area contributed by atoms with Crippen LogP contribution in [-0.4, -0.2) is 13.0 Å². The molecule has 0 aromatic heterocycles. The van der Waals surface area contributed by atoms with Crippen molar-refractivity contribution in [2.45, 2.75) is 20.4 Å². The van der Waals surface area contributed by atoms with Crippen molar-refractivity contribution in [3.63, 3.8) is 0 Å². The van der Waals surface area contributed by atoms with Crippen molar-refractivity contribution in [1.82, 2.24) is 5.32 Å². The number of anilines is 1. The van der Waals surface area contributed by atoms with Crippen LogP contribution in [0.4, 0.5) is 5.69 Å². The van der Waals surface area contributed by atoms with E-state index < -0.39 is 0 Å². The number of rotatable bonds is 4. The molecule has 0 fully saturated rings. The lowest BCUT2D eigenvalue weighted by molar-refractivity contribution is 0.0963. The van der Waals surface area contributed by atoms with Crippen LogP contribution in [0.3, 0.4) is 0 Å². The van der Waals surface area contributed by atoms with Gasteiger partial charge in [0.15, 0.2) is 0 Å². The Kier molecular flexibility index (Phi) is 4.41. The van der Waals surface area contributed by atoms with Gasteiger partial charge in [-0.25, -0.2) is 0 Å². The van der Waals surface area contributed by atoms with E-state index in [9.17, 15) is 4.79 Å². The Morgan fingerprint density at radius 1 is 1.05 bits per heavy atom. The number of aryl methyl sites for hydroxylation is 2. The molecule has 0 atom stereocenters. The molecular formula is C17H20N2O. The van der Waals surface area contributed by atoms with Crippen LogP contribution >= 0.6 is 0 Å². The first kappa shape index (κ1) is 14.1. The van der Waals surface area contributed by atoms with Crippen LogP contribution in [0, 0.1) is 13.8 Å². The lowest BCUT2D eigenvalue weighted by Crippen LogP contribution is -2.17. The summed E-state index contributed by atoms with van der Waals surface area (Å²) in [4.78, 5) is 11.4. The van der Waals surface area contributed by atoms with E-state index in [0.29, 0.717) is 5.56 Å². The number of hydrogen-bond donors (Lipinski definition) is 2. The first-order valence-corrected chi connectivity index (χ1v) is 6.72. The predicted octanol–water partition coefficient (Wildman–Crippen LogP) is 3.28. The molecule has 0 spiro atoms. The van der Waals surface area contributed by atoms with Crippen molar-refractivity contribution in [1.29, 1.82) is 0 Å². The highest BCUT2D eigenvalue weighted by atomic mass is 16.1. The Labute approximate surface area is 120 Å². The van der Waals surface area contributed by atoms with Crippen molar-refractivity contribution < 1.29 is 4.79 Å². The molecule has 2 aromatic carbocycles. The molecule has 2 N–H and O–H groups in total. The van der Waals surface area contributed by atoms with E-state index in [4.69, 9.17) is 0 Å². The van der Waals surface area contributed by atoms with Crippen LogP contribution in [0.25, 0.3) is 0 Å². The molecule has 3 nitrogen and oxygen atoms in total. The second-order valence-electron chi connectivity index (χ2n) is 4.94. The maximum atomic E-state index is 11.4. The molecule has 3 heteroatoms. The topological polar surface area (TPSA) is 41.1 Å². The molecule has 1 amide bonds. The number of carbonyl (C=O) groups excluding carboxylic acids is 1. The third kappa shape index (κ3) is 3.38. The van der Waals surface area contributed by atoms with E-state index in [2.05, 4.69) is 42.7 Å². The molecule has 2 aromatic rings. The van der Waals surface area contributed by atoms with Gasteiger partial charge in [0, 0.05) is 24.8 Å². The van der Waals surface area contributed by atoms with E-state index in [1.54, 1.807) is 7.05 Å². The van der Waals surface area contributed by atoms with Gasteiger partial charge in [-0.05, 0) is 49.2 Å². The molecule has 104 valence electrons. The number of carbonyl (C=O) groups is 1. The summed E-state index contributed by atoms with van der Waals surface area (Å²) in [5.41, 5.74) is 5.54. The van der Waals surface area contributed by atoms with Crippen molar-refractivity contribution in [3.05, 3.63) is 64.7 Å². The van der Waals surface area contributed by atoms with Gasteiger partial charge < -0.3 is 10.6 Å². The molecule has 0 unspecified atom stereocenters. The Morgan fingerprint density at radius 3 is 2.35 bits per heavy atom. The molecule has 0 aliphatic heterocycles. The molecule has 0 saturated carbocycles. The summed E-state index contributed by atoms with van der Waals surface area (Å²) in [6.45, 7) is 5.01. The molecule has 0 heterocycles. The fourth-order valence-corrected chi connectivity index (χ4v) is 2.13. The zero-order chi connectivity index (χ0) is 14.5. The van der Waals surface area contributed by atoms with Gasteiger partial charge in [-0.15, -0.1) is 0 Å². The van der Waals surface area contributed by atoms with Gasteiger partial charge in [-0.2, -0.15) is 0 Å². The third-order valence-electron chi connectivity index (χ3n) is 3.36. The van der Waals surface area contributed by atoms with Crippen LogP contribution in [0.15, 0.2) is 42.5 Å². The van der Waals surface area contributed by atoms with Gasteiger partial charge in [0.1, 0.15) is 0 Å². The third-order valence-corrected chi connectivity index (χ3v) is 3.36. The largest absolute Gasteiger partial charge is 0.381 e. The highest BCUT2D eigenvalue weighted by molar-refractivity contribution is 5.94. The van der Waals surface area contributed by atoms with Gasteiger partial charge in [-0.3, -0.25) is 4.79 Å². The Hall–Kier alpha value is -2.29. The lowest BCUT2D eigenvalue weighted by Gasteiger charge is -2.10. The van der Waals surface area contributed by atoms with Gasteiger partial charge in [0.05, 0.1) is 0 Å². The Bertz CT molecular complexity index is 603. The van der Waals surface area contributed by atoms with Crippen LogP contribution in [-0.2, 0) is 6.54 Å². The highest BCUT2D eigenvalue weighted by Crippen LogP contribution is 2.14. The maximum absolute atomic E-state index is 11.4. The summed E-state index contributed by atoms with van der Waals surface area (Å²) >= 11 is 0. The molecule has 20 heavy (non-hydrogen) atoms. The molecule has 0 saturated heterocycles. The molecular weight excluding hydrogens is 248 g/mol. The standard InChI is InChI=1S/C17H20N2O/c1-12-4-5-15(13(2)10-12)11-19-16-8-6-14(7-9-16)17(20)18-3/h4-10,19H,11H2,1-3H3,(H,18,20). The van der Waals surface area contributed by atoms with Crippen LogP contribution in [0.2, 0.25) is 0 Å². The first-order chi connectivity index (χ1) is 9.60. The number of nitrogens with one attached hydrogen (secondary N) is 2.